The second kappa shape index (κ2) is 5.53. The van der Waals surface area contributed by atoms with Crippen molar-refractivity contribution in [3.05, 3.63) is 5.56 Å². The monoisotopic (exact) mass is 266 g/mol. The van der Waals surface area contributed by atoms with Crippen LogP contribution in [0.25, 0.3) is 0 Å². The number of nitrogens with zero attached hydrogens (tertiary/aromatic N) is 1. The van der Waals surface area contributed by atoms with E-state index in [1.54, 1.807) is 0 Å². The summed E-state index contributed by atoms with van der Waals surface area (Å²) in [6.45, 7) is 0. The van der Waals surface area contributed by atoms with Crippen LogP contribution >= 0.6 is 23.3 Å². The van der Waals surface area contributed by atoms with Gasteiger partial charge in [-0.3, -0.25) is 4.89 Å². The zero-order valence-corrected chi connectivity index (χ0v) is 9.04. The molecule has 0 fully saturated rings. The summed E-state index contributed by atoms with van der Waals surface area (Å²) in [6.07, 6.45) is -1.86. The summed E-state index contributed by atoms with van der Waals surface area (Å²) in [5.74, 6) is -2.22. The fourth-order valence-electron chi connectivity index (χ4n) is 0.698. The Balaban J connectivity index is 2.54. The molecule has 0 aliphatic rings. The topological polar surface area (TPSA) is 126 Å². The first-order chi connectivity index (χ1) is 7.52. The SMILES string of the molecule is [O]C(=O)OOCSc1snc(O)c1C(=O)O. The number of thioether (sulfide) groups is 1. The molecule has 0 saturated carbocycles. The quantitative estimate of drug-likeness (QED) is 0.266. The Kier molecular flexibility index (Phi) is 4.34. The van der Waals surface area contributed by atoms with Crippen LogP contribution < -0.4 is 0 Å². The Morgan fingerprint density at radius 1 is 1.50 bits per heavy atom. The van der Waals surface area contributed by atoms with Crippen LogP contribution in [0.15, 0.2) is 4.21 Å². The van der Waals surface area contributed by atoms with Crippen LogP contribution in [0.4, 0.5) is 4.79 Å². The molecule has 16 heavy (non-hydrogen) atoms. The third kappa shape index (κ3) is 3.25. The van der Waals surface area contributed by atoms with E-state index in [-0.39, 0.29) is 15.7 Å². The second-order valence-corrected chi connectivity index (χ2v) is 4.15. The van der Waals surface area contributed by atoms with Crippen molar-refractivity contribution < 1.29 is 34.7 Å². The third-order valence-corrected chi connectivity index (χ3v) is 3.11. The van der Waals surface area contributed by atoms with Crippen molar-refractivity contribution in [3.8, 4) is 5.88 Å². The summed E-state index contributed by atoms with van der Waals surface area (Å²) in [5.41, 5.74) is -0.355. The van der Waals surface area contributed by atoms with Gasteiger partial charge in [-0.25, -0.2) is 4.79 Å². The highest BCUT2D eigenvalue weighted by Gasteiger charge is 2.20. The van der Waals surface area contributed by atoms with Crippen LogP contribution in [0.1, 0.15) is 10.4 Å². The van der Waals surface area contributed by atoms with Gasteiger partial charge in [0.1, 0.15) is 15.7 Å². The van der Waals surface area contributed by atoms with Crippen molar-refractivity contribution in [3.63, 3.8) is 0 Å². The number of hydrogen-bond donors (Lipinski definition) is 2. The van der Waals surface area contributed by atoms with Crippen molar-refractivity contribution >= 4 is 35.4 Å². The highest BCUT2D eigenvalue weighted by Crippen LogP contribution is 2.33. The van der Waals surface area contributed by atoms with E-state index in [2.05, 4.69) is 14.1 Å². The molecule has 2 N–H and O–H groups in total. The number of aromatic carboxylic acids is 1. The van der Waals surface area contributed by atoms with E-state index in [4.69, 9.17) is 10.2 Å². The molecule has 0 aromatic carbocycles. The third-order valence-electron chi connectivity index (χ3n) is 1.22. The maximum atomic E-state index is 10.7. The summed E-state index contributed by atoms with van der Waals surface area (Å²) in [5, 5.41) is 27.6. The van der Waals surface area contributed by atoms with Gasteiger partial charge in [0.25, 0.3) is 0 Å². The number of carboxylic acids is 1. The summed E-state index contributed by atoms with van der Waals surface area (Å²) in [4.78, 5) is 28.2. The minimum absolute atomic E-state index is 0.173. The molecule has 1 aromatic rings. The van der Waals surface area contributed by atoms with Crippen LogP contribution in [0.5, 0.6) is 5.88 Å². The van der Waals surface area contributed by atoms with Crippen molar-refractivity contribution in [2.24, 2.45) is 0 Å². The zero-order valence-electron chi connectivity index (χ0n) is 7.41. The molecule has 10 heteroatoms. The van der Waals surface area contributed by atoms with E-state index in [0.29, 0.717) is 0 Å². The molecular weight excluding hydrogens is 262 g/mol. The minimum atomic E-state index is -1.86. The lowest BCUT2D eigenvalue weighted by Gasteiger charge is -1.98. The van der Waals surface area contributed by atoms with Gasteiger partial charge in [0, 0.05) is 0 Å². The molecule has 1 aromatic heterocycles. The van der Waals surface area contributed by atoms with E-state index in [0.717, 1.165) is 23.3 Å². The molecule has 0 aliphatic heterocycles. The van der Waals surface area contributed by atoms with Gasteiger partial charge in [-0.2, -0.15) is 19.2 Å². The van der Waals surface area contributed by atoms with E-state index < -0.39 is 18.0 Å². The van der Waals surface area contributed by atoms with Gasteiger partial charge >= 0.3 is 12.1 Å². The molecule has 8 nitrogen and oxygen atoms in total. The standard InChI is InChI=1S/C6H4NO7S2/c8-3-2(4(9)10)5(16-7-3)15-1-13-14-6(11)12/h1H2,(H,7,8)(H,9,10). The highest BCUT2D eigenvalue weighted by molar-refractivity contribution is 8.01. The fourth-order valence-corrected chi connectivity index (χ4v) is 2.22. The molecule has 0 spiro atoms. The Hall–Kier alpha value is -1.52. The number of hydrogen-bond acceptors (Lipinski definition) is 8. The van der Waals surface area contributed by atoms with E-state index >= 15 is 0 Å². The molecule has 1 radical (unpaired) electrons. The molecule has 1 rings (SSSR count). The molecule has 87 valence electrons. The van der Waals surface area contributed by atoms with Crippen molar-refractivity contribution in [2.45, 2.75) is 4.21 Å². The lowest BCUT2D eigenvalue weighted by Crippen LogP contribution is -2.00. The molecule has 0 atom stereocenters. The molecule has 0 bridgehead atoms. The molecular formula is C6H4NO7S2. The van der Waals surface area contributed by atoms with Gasteiger partial charge in [-0.15, -0.1) is 0 Å². The first-order valence-corrected chi connectivity index (χ1v) is 5.33. The normalized spacial score (nSPS) is 10.0. The summed E-state index contributed by atoms with van der Waals surface area (Å²) >= 11 is 1.56. The lowest BCUT2D eigenvalue weighted by atomic mass is 10.4. The molecule has 0 amide bonds. The Labute approximate surface area is 96.5 Å². The van der Waals surface area contributed by atoms with Gasteiger partial charge in [0.05, 0.1) is 0 Å². The van der Waals surface area contributed by atoms with Crippen LogP contribution in [0, 0.1) is 0 Å². The maximum Gasteiger partial charge on any atom is 0.582 e. The lowest BCUT2D eigenvalue weighted by molar-refractivity contribution is -0.238. The maximum absolute atomic E-state index is 10.7. The number of rotatable bonds is 5. The van der Waals surface area contributed by atoms with Crippen molar-refractivity contribution in [2.75, 3.05) is 5.94 Å². The number of aromatic nitrogens is 1. The van der Waals surface area contributed by atoms with Gasteiger partial charge in [0.2, 0.25) is 5.88 Å². The smallest absolute Gasteiger partial charge is 0.492 e. The Morgan fingerprint density at radius 2 is 2.19 bits per heavy atom. The summed E-state index contributed by atoms with van der Waals surface area (Å²) in [6, 6.07) is 0. The van der Waals surface area contributed by atoms with Crippen LogP contribution in [-0.2, 0) is 14.9 Å². The van der Waals surface area contributed by atoms with E-state index in [1.807, 2.05) is 0 Å². The number of carbonyl (C=O) groups is 2. The largest absolute Gasteiger partial charge is 0.582 e. The minimum Gasteiger partial charge on any atom is -0.492 e. The van der Waals surface area contributed by atoms with E-state index in [9.17, 15) is 14.7 Å². The van der Waals surface area contributed by atoms with Crippen molar-refractivity contribution in [1.29, 1.82) is 0 Å². The molecule has 0 saturated heterocycles. The average Bonchev–Trinajstić information content (AvgIpc) is 2.54. The predicted octanol–water partition coefficient (Wildman–Crippen LogP) is 1.10. The Bertz CT molecular complexity index is 404. The molecule has 1 heterocycles. The first kappa shape index (κ1) is 12.5. The van der Waals surface area contributed by atoms with Crippen LogP contribution in [0.2, 0.25) is 0 Å². The molecule has 0 aliphatic carbocycles. The number of carbonyl (C=O) groups excluding carboxylic acids is 1. The van der Waals surface area contributed by atoms with Gasteiger partial charge in [-0.1, -0.05) is 11.8 Å². The predicted molar refractivity (Wildman–Crippen MR) is 49.7 cm³/mol. The first-order valence-electron chi connectivity index (χ1n) is 3.57. The summed E-state index contributed by atoms with van der Waals surface area (Å²) < 4.78 is 3.60. The Morgan fingerprint density at radius 3 is 2.75 bits per heavy atom. The highest BCUT2D eigenvalue weighted by atomic mass is 32.2. The number of carboxylic acid groups (broad SMARTS) is 1. The van der Waals surface area contributed by atoms with Crippen LogP contribution in [-0.4, -0.2) is 32.7 Å². The fraction of sp³-hybridized carbons (Fsp3) is 0.167. The van der Waals surface area contributed by atoms with Gasteiger partial charge in [0.15, 0.2) is 0 Å². The summed E-state index contributed by atoms with van der Waals surface area (Å²) in [7, 11) is 0. The second-order valence-electron chi connectivity index (χ2n) is 2.19. The van der Waals surface area contributed by atoms with Gasteiger partial charge < -0.3 is 10.2 Å². The van der Waals surface area contributed by atoms with Gasteiger partial charge in [-0.05, 0) is 11.5 Å². The van der Waals surface area contributed by atoms with E-state index in [1.165, 1.54) is 0 Å². The van der Waals surface area contributed by atoms with Crippen LogP contribution in [0.3, 0.4) is 0 Å². The number of aromatic hydroxyl groups is 1. The molecule has 0 unspecified atom stereocenters. The average molecular weight is 266 g/mol. The zero-order chi connectivity index (χ0) is 12.1. The van der Waals surface area contributed by atoms with Crippen molar-refractivity contribution in [1.82, 2.24) is 4.37 Å².